The summed E-state index contributed by atoms with van der Waals surface area (Å²) in [5.41, 5.74) is -0.484. The molecule has 2 bridgehead atoms. The van der Waals surface area contributed by atoms with Crippen LogP contribution in [0.1, 0.15) is 23.2 Å². The molecule has 172 valence electrons. The molecule has 0 spiro atoms. The first-order chi connectivity index (χ1) is 15.0. The Morgan fingerprint density at radius 2 is 1.72 bits per heavy atom. The van der Waals surface area contributed by atoms with Crippen LogP contribution in [0.15, 0.2) is 35.2 Å². The molecule has 2 aliphatic rings. The van der Waals surface area contributed by atoms with Gasteiger partial charge in [0.1, 0.15) is 0 Å². The van der Waals surface area contributed by atoms with Crippen LogP contribution in [0.5, 0.6) is 0 Å². The first kappa shape index (κ1) is 23.0. The van der Waals surface area contributed by atoms with Gasteiger partial charge in [0.05, 0.1) is 27.9 Å². The Balaban J connectivity index is 1.55. The number of hydrogen-bond acceptors (Lipinski definition) is 5. The van der Waals surface area contributed by atoms with Crippen LogP contribution < -0.4 is 5.32 Å². The largest absolute Gasteiger partial charge is 0.390 e. The van der Waals surface area contributed by atoms with E-state index < -0.39 is 45.4 Å². The minimum Gasteiger partial charge on any atom is -0.390 e. The summed E-state index contributed by atoms with van der Waals surface area (Å²) in [4.78, 5) is 12.2. The van der Waals surface area contributed by atoms with Gasteiger partial charge >= 0.3 is 0 Å². The zero-order valence-corrected chi connectivity index (χ0v) is 18.0. The molecule has 4 unspecified atom stereocenters. The topological polar surface area (TPSA) is 104 Å². The number of fused-ring (bicyclic) bond motifs is 2. The molecule has 6 nitrogen and oxygen atoms in total. The van der Waals surface area contributed by atoms with Crippen molar-refractivity contribution in [1.82, 2.24) is 0 Å². The fraction of sp³-hybridized carbons (Fsp3) is 0.381. The predicted molar refractivity (Wildman–Crippen MR) is 109 cm³/mol. The van der Waals surface area contributed by atoms with Crippen molar-refractivity contribution in [2.45, 2.75) is 29.9 Å². The molecule has 0 aliphatic heterocycles. The summed E-state index contributed by atoms with van der Waals surface area (Å²) >= 11 is 6.08. The number of carbonyl (C=O) groups is 1. The van der Waals surface area contributed by atoms with Crippen molar-refractivity contribution in [1.29, 1.82) is 0 Å². The molecule has 3 N–H and O–H groups in total. The SMILES string of the molecule is O=C(Nc1cc(F)c(F)c(F)c1)c1ccc(Cl)c(S(=O)(=O)C[C@@H]2CC3CC2C(O)C3O)c1. The van der Waals surface area contributed by atoms with Crippen LogP contribution in [0.3, 0.4) is 0 Å². The van der Waals surface area contributed by atoms with Crippen molar-refractivity contribution in [2.24, 2.45) is 17.8 Å². The van der Waals surface area contributed by atoms with E-state index >= 15 is 0 Å². The van der Waals surface area contributed by atoms with Crippen molar-refractivity contribution in [3.8, 4) is 0 Å². The maximum Gasteiger partial charge on any atom is 0.255 e. The molecule has 0 heterocycles. The second-order valence-corrected chi connectivity index (χ2v) is 10.7. The van der Waals surface area contributed by atoms with Gasteiger partial charge in [-0.1, -0.05) is 11.6 Å². The lowest BCUT2D eigenvalue weighted by atomic mass is 9.86. The third-order valence-corrected chi connectivity index (χ3v) is 8.58. The van der Waals surface area contributed by atoms with E-state index in [1.165, 1.54) is 12.1 Å². The Hall–Kier alpha value is -2.14. The summed E-state index contributed by atoms with van der Waals surface area (Å²) in [6.45, 7) is 0. The molecule has 32 heavy (non-hydrogen) atoms. The molecule has 0 radical (unpaired) electrons. The third kappa shape index (κ3) is 4.12. The van der Waals surface area contributed by atoms with Gasteiger partial charge in [-0.3, -0.25) is 4.79 Å². The zero-order chi connectivity index (χ0) is 23.4. The maximum absolute atomic E-state index is 13.4. The van der Waals surface area contributed by atoms with Crippen molar-refractivity contribution < 1.29 is 36.6 Å². The lowest BCUT2D eigenvalue weighted by Crippen LogP contribution is -2.38. The number of amides is 1. The van der Waals surface area contributed by atoms with Crippen LogP contribution in [0.25, 0.3) is 0 Å². The van der Waals surface area contributed by atoms with E-state index in [0.717, 1.165) is 6.07 Å². The Labute approximate surface area is 186 Å². The van der Waals surface area contributed by atoms with E-state index in [1.807, 2.05) is 0 Å². The van der Waals surface area contributed by atoms with E-state index in [0.29, 0.717) is 25.0 Å². The van der Waals surface area contributed by atoms with Crippen LogP contribution in [0.2, 0.25) is 5.02 Å². The first-order valence-electron chi connectivity index (χ1n) is 9.82. The van der Waals surface area contributed by atoms with Gasteiger partial charge in [-0.25, -0.2) is 21.6 Å². The Kier molecular flexibility index (Phi) is 6.00. The lowest BCUT2D eigenvalue weighted by molar-refractivity contribution is -0.0304. The number of nitrogens with one attached hydrogen (secondary N) is 1. The highest BCUT2D eigenvalue weighted by Gasteiger charge is 2.52. The minimum atomic E-state index is -3.96. The smallest absolute Gasteiger partial charge is 0.255 e. The van der Waals surface area contributed by atoms with E-state index in [2.05, 4.69) is 5.32 Å². The predicted octanol–water partition coefficient (Wildman–Crippen LogP) is 3.16. The molecule has 0 saturated heterocycles. The standard InChI is InChI=1S/C21H19ClF3NO5S/c22-14-2-1-9(21(29)26-12-6-15(23)18(25)16(24)7-12)5-17(14)32(30,31)8-11-3-10-4-13(11)20(28)19(10)27/h1-2,5-7,10-11,13,19-20,27-28H,3-4,8H2,(H,26,29)/t10?,11-,13?,19?,20?/m0/s1. The van der Waals surface area contributed by atoms with Gasteiger partial charge in [0.15, 0.2) is 27.3 Å². The number of carbonyl (C=O) groups excluding carboxylic acids is 1. The molecule has 2 fully saturated rings. The fourth-order valence-corrected chi connectivity index (χ4v) is 6.98. The summed E-state index contributed by atoms with van der Waals surface area (Å²) in [5, 5.41) is 22.1. The van der Waals surface area contributed by atoms with Gasteiger partial charge in [0.2, 0.25) is 0 Å². The molecule has 2 aromatic rings. The number of rotatable bonds is 5. The molecule has 5 atom stereocenters. The monoisotopic (exact) mass is 489 g/mol. The molecule has 2 aliphatic carbocycles. The number of anilines is 1. The Bertz CT molecular complexity index is 1170. The summed E-state index contributed by atoms with van der Waals surface area (Å²) < 4.78 is 65.9. The minimum absolute atomic E-state index is 0.107. The van der Waals surface area contributed by atoms with Crippen LogP contribution in [-0.2, 0) is 9.84 Å². The number of sulfone groups is 1. The van der Waals surface area contributed by atoms with E-state index in [-0.39, 0.29) is 44.7 Å². The Morgan fingerprint density at radius 1 is 1.06 bits per heavy atom. The highest BCUT2D eigenvalue weighted by molar-refractivity contribution is 7.91. The highest BCUT2D eigenvalue weighted by Crippen LogP contribution is 2.49. The van der Waals surface area contributed by atoms with Crippen molar-refractivity contribution in [3.63, 3.8) is 0 Å². The van der Waals surface area contributed by atoms with Gasteiger partial charge in [-0.15, -0.1) is 0 Å². The van der Waals surface area contributed by atoms with Gasteiger partial charge in [-0.2, -0.15) is 0 Å². The molecule has 2 aromatic carbocycles. The second-order valence-electron chi connectivity index (χ2n) is 8.27. The lowest BCUT2D eigenvalue weighted by Gasteiger charge is -2.29. The summed E-state index contributed by atoms with van der Waals surface area (Å²) in [5.74, 6) is -6.68. The molecule has 0 aromatic heterocycles. The highest BCUT2D eigenvalue weighted by atomic mass is 35.5. The third-order valence-electron chi connectivity index (χ3n) is 6.26. The first-order valence-corrected chi connectivity index (χ1v) is 11.9. The molecule has 11 heteroatoms. The molecule has 2 saturated carbocycles. The number of benzene rings is 2. The van der Waals surface area contributed by atoms with E-state index in [4.69, 9.17) is 11.6 Å². The van der Waals surface area contributed by atoms with Gasteiger partial charge in [-0.05, 0) is 48.8 Å². The molecular formula is C21H19ClF3NO5S. The summed E-state index contributed by atoms with van der Waals surface area (Å²) in [6.07, 6.45) is -0.820. The van der Waals surface area contributed by atoms with Crippen molar-refractivity contribution in [3.05, 3.63) is 58.4 Å². The van der Waals surface area contributed by atoms with Crippen LogP contribution in [-0.4, -0.2) is 42.5 Å². The number of hydrogen-bond donors (Lipinski definition) is 3. The van der Waals surface area contributed by atoms with Crippen LogP contribution in [0.4, 0.5) is 18.9 Å². The number of halogens is 4. The van der Waals surface area contributed by atoms with E-state index in [9.17, 15) is 36.6 Å². The van der Waals surface area contributed by atoms with Gasteiger partial charge in [0.25, 0.3) is 5.91 Å². The number of aliphatic hydroxyl groups is 2. The average Bonchev–Trinajstić information content (AvgIpc) is 3.24. The van der Waals surface area contributed by atoms with Crippen molar-refractivity contribution >= 4 is 33.0 Å². The normalized spacial score (nSPS) is 27.0. The molecular weight excluding hydrogens is 471 g/mol. The van der Waals surface area contributed by atoms with Crippen LogP contribution in [0, 0.1) is 35.2 Å². The van der Waals surface area contributed by atoms with Gasteiger partial charge in [0, 0.05) is 23.4 Å². The molecule has 1 amide bonds. The van der Waals surface area contributed by atoms with Crippen molar-refractivity contribution in [2.75, 3.05) is 11.1 Å². The molecule has 4 rings (SSSR count). The number of aliphatic hydroxyl groups excluding tert-OH is 2. The second kappa shape index (κ2) is 8.33. The summed E-state index contributed by atoms with van der Waals surface area (Å²) in [6, 6.07) is 4.71. The average molecular weight is 490 g/mol. The Morgan fingerprint density at radius 3 is 2.31 bits per heavy atom. The van der Waals surface area contributed by atoms with E-state index in [1.54, 1.807) is 0 Å². The fourth-order valence-electron chi connectivity index (χ4n) is 4.71. The quantitative estimate of drug-likeness (QED) is 0.560. The summed E-state index contributed by atoms with van der Waals surface area (Å²) in [7, 11) is -3.96. The zero-order valence-electron chi connectivity index (χ0n) is 16.4. The maximum atomic E-state index is 13.4. The van der Waals surface area contributed by atoms with Crippen LogP contribution >= 0.6 is 11.6 Å². The van der Waals surface area contributed by atoms with Gasteiger partial charge < -0.3 is 15.5 Å².